The first-order chi connectivity index (χ1) is 9.29. The van der Waals surface area contributed by atoms with Crippen LogP contribution in [0.3, 0.4) is 0 Å². The maximum atomic E-state index is 12.1. The average molecular weight is 261 g/mol. The summed E-state index contributed by atoms with van der Waals surface area (Å²) in [6, 6.07) is 10.5. The van der Waals surface area contributed by atoms with Crippen LogP contribution in [0.2, 0.25) is 0 Å². The third-order valence-corrected chi connectivity index (χ3v) is 3.56. The number of urea groups is 1. The average Bonchev–Trinajstić information content (AvgIpc) is 2.96. The molecule has 1 heterocycles. The molecule has 0 radical (unpaired) electrons. The van der Waals surface area contributed by atoms with Gasteiger partial charge in [-0.05, 0) is 31.9 Å². The fraction of sp³-hybridized carbons (Fsp3) is 0.533. The molecule has 1 aliphatic rings. The molecule has 2 rings (SSSR count). The molecule has 0 saturated carbocycles. The van der Waals surface area contributed by atoms with Gasteiger partial charge in [-0.15, -0.1) is 0 Å². The van der Waals surface area contributed by atoms with Crippen molar-refractivity contribution >= 4 is 6.03 Å². The van der Waals surface area contributed by atoms with Crippen molar-refractivity contribution in [2.75, 3.05) is 19.6 Å². The number of rotatable bonds is 5. The number of amides is 2. The van der Waals surface area contributed by atoms with Gasteiger partial charge in [-0.2, -0.15) is 0 Å². The Morgan fingerprint density at radius 3 is 2.84 bits per heavy atom. The van der Waals surface area contributed by atoms with Crippen LogP contribution in [0.1, 0.15) is 25.3 Å². The number of carbonyl (C=O) groups is 1. The number of hydrogen-bond donors (Lipinski definition) is 2. The van der Waals surface area contributed by atoms with E-state index in [1.807, 2.05) is 42.2 Å². The van der Waals surface area contributed by atoms with Crippen LogP contribution in [-0.2, 0) is 6.54 Å². The smallest absolute Gasteiger partial charge is 0.317 e. The second kappa shape index (κ2) is 7.14. The van der Waals surface area contributed by atoms with Crippen LogP contribution < -0.4 is 10.6 Å². The van der Waals surface area contributed by atoms with Gasteiger partial charge in [0.25, 0.3) is 0 Å². The van der Waals surface area contributed by atoms with Crippen LogP contribution in [0.15, 0.2) is 30.3 Å². The summed E-state index contributed by atoms with van der Waals surface area (Å²) in [7, 11) is 0. The Morgan fingerprint density at radius 1 is 1.42 bits per heavy atom. The van der Waals surface area contributed by atoms with Gasteiger partial charge in [0.05, 0.1) is 0 Å². The highest BCUT2D eigenvalue weighted by atomic mass is 16.2. The van der Waals surface area contributed by atoms with Crippen LogP contribution in [0.5, 0.6) is 0 Å². The molecule has 4 heteroatoms. The molecule has 1 aromatic carbocycles. The van der Waals surface area contributed by atoms with Crippen LogP contribution >= 0.6 is 0 Å². The zero-order chi connectivity index (χ0) is 13.5. The van der Waals surface area contributed by atoms with Crippen molar-refractivity contribution in [1.29, 1.82) is 0 Å². The van der Waals surface area contributed by atoms with E-state index in [1.165, 1.54) is 12.8 Å². The van der Waals surface area contributed by atoms with Crippen molar-refractivity contribution in [3.05, 3.63) is 35.9 Å². The summed E-state index contributed by atoms with van der Waals surface area (Å²) in [5.41, 5.74) is 1.13. The molecule has 1 aliphatic heterocycles. The zero-order valence-electron chi connectivity index (χ0n) is 11.6. The predicted molar refractivity (Wildman–Crippen MR) is 76.9 cm³/mol. The van der Waals surface area contributed by atoms with E-state index in [1.54, 1.807) is 0 Å². The predicted octanol–water partition coefficient (Wildman–Crippen LogP) is 1.97. The Morgan fingerprint density at radius 2 is 2.21 bits per heavy atom. The summed E-state index contributed by atoms with van der Waals surface area (Å²) < 4.78 is 0. The van der Waals surface area contributed by atoms with E-state index < -0.39 is 0 Å². The molecule has 1 fully saturated rings. The minimum atomic E-state index is 0.0278. The molecule has 0 aromatic heterocycles. The highest BCUT2D eigenvalue weighted by molar-refractivity contribution is 5.74. The van der Waals surface area contributed by atoms with Crippen molar-refractivity contribution in [2.45, 2.75) is 32.4 Å². The molecule has 4 nitrogen and oxygen atoms in total. The normalized spacial score (nSPS) is 18.3. The number of carbonyl (C=O) groups excluding carboxylic acids is 1. The lowest BCUT2D eigenvalue weighted by atomic mass is 10.2. The molecule has 1 unspecified atom stereocenters. The molecular weight excluding hydrogens is 238 g/mol. The molecule has 104 valence electrons. The Balaban J connectivity index is 1.79. The lowest BCUT2D eigenvalue weighted by Gasteiger charge is -2.24. The topological polar surface area (TPSA) is 44.4 Å². The van der Waals surface area contributed by atoms with Crippen LogP contribution in [0.25, 0.3) is 0 Å². The Kier molecular flexibility index (Phi) is 5.21. The number of nitrogens with one attached hydrogen (secondary N) is 2. The van der Waals surface area contributed by atoms with E-state index in [9.17, 15) is 4.79 Å². The van der Waals surface area contributed by atoms with Crippen LogP contribution in [0.4, 0.5) is 4.79 Å². The summed E-state index contributed by atoms with van der Waals surface area (Å²) in [4.78, 5) is 14.0. The zero-order valence-corrected chi connectivity index (χ0v) is 11.6. The second-order valence-electron chi connectivity index (χ2n) is 4.98. The summed E-state index contributed by atoms with van der Waals surface area (Å²) in [6.45, 7) is 5.25. The molecule has 19 heavy (non-hydrogen) atoms. The molecule has 2 amide bonds. The van der Waals surface area contributed by atoms with Gasteiger partial charge in [-0.3, -0.25) is 0 Å². The van der Waals surface area contributed by atoms with Crippen molar-refractivity contribution < 1.29 is 4.79 Å². The first kappa shape index (κ1) is 13.9. The highest BCUT2D eigenvalue weighted by Crippen LogP contribution is 2.07. The lowest BCUT2D eigenvalue weighted by molar-refractivity contribution is 0.195. The summed E-state index contributed by atoms with van der Waals surface area (Å²) >= 11 is 0. The maximum absolute atomic E-state index is 12.1. The van der Waals surface area contributed by atoms with Crippen molar-refractivity contribution in [2.24, 2.45) is 0 Å². The summed E-state index contributed by atoms with van der Waals surface area (Å²) in [5, 5.41) is 6.41. The van der Waals surface area contributed by atoms with Crippen LogP contribution in [0, 0.1) is 0 Å². The number of likely N-dealkylation sites (N-methyl/N-ethyl adjacent to an activating group) is 1. The van der Waals surface area contributed by atoms with E-state index in [0.717, 1.165) is 25.2 Å². The van der Waals surface area contributed by atoms with Gasteiger partial charge < -0.3 is 15.5 Å². The minimum Gasteiger partial charge on any atom is -0.334 e. The molecule has 1 atom stereocenters. The largest absolute Gasteiger partial charge is 0.334 e. The highest BCUT2D eigenvalue weighted by Gasteiger charge is 2.19. The van der Waals surface area contributed by atoms with E-state index in [-0.39, 0.29) is 6.03 Å². The number of nitrogens with zero attached hydrogens (tertiary/aromatic N) is 1. The lowest BCUT2D eigenvalue weighted by Crippen LogP contribution is -2.45. The SMILES string of the molecule is CCN(CC1CCCN1)C(=O)NCc1ccccc1. The minimum absolute atomic E-state index is 0.0278. The molecule has 0 bridgehead atoms. The van der Waals surface area contributed by atoms with Crippen LogP contribution in [-0.4, -0.2) is 36.6 Å². The van der Waals surface area contributed by atoms with Gasteiger partial charge in [-0.25, -0.2) is 4.79 Å². The van der Waals surface area contributed by atoms with E-state index >= 15 is 0 Å². The molecule has 2 N–H and O–H groups in total. The quantitative estimate of drug-likeness (QED) is 0.851. The second-order valence-corrected chi connectivity index (χ2v) is 4.98. The monoisotopic (exact) mass is 261 g/mol. The van der Waals surface area contributed by atoms with Gasteiger partial charge in [0.15, 0.2) is 0 Å². The first-order valence-corrected chi connectivity index (χ1v) is 7.09. The molecule has 1 saturated heterocycles. The first-order valence-electron chi connectivity index (χ1n) is 7.09. The molecule has 1 aromatic rings. The molecule has 0 spiro atoms. The van der Waals surface area contributed by atoms with Gasteiger partial charge >= 0.3 is 6.03 Å². The van der Waals surface area contributed by atoms with E-state index in [4.69, 9.17) is 0 Å². The van der Waals surface area contributed by atoms with Crippen molar-refractivity contribution in [3.63, 3.8) is 0 Å². The van der Waals surface area contributed by atoms with Crippen molar-refractivity contribution in [3.8, 4) is 0 Å². The van der Waals surface area contributed by atoms with E-state index in [0.29, 0.717) is 12.6 Å². The Hall–Kier alpha value is -1.55. The number of benzene rings is 1. The van der Waals surface area contributed by atoms with Gasteiger partial charge in [0.1, 0.15) is 0 Å². The van der Waals surface area contributed by atoms with Gasteiger partial charge in [0.2, 0.25) is 0 Å². The van der Waals surface area contributed by atoms with Crippen molar-refractivity contribution in [1.82, 2.24) is 15.5 Å². The fourth-order valence-corrected chi connectivity index (χ4v) is 2.42. The molecule has 0 aliphatic carbocycles. The fourth-order valence-electron chi connectivity index (χ4n) is 2.42. The van der Waals surface area contributed by atoms with E-state index in [2.05, 4.69) is 10.6 Å². The number of hydrogen-bond acceptors (Lipinski definition) is 2. The molecular formula is C15H23N3O. The third kappa shape index (κ3) is 4.24. The summed E-state index contributed by atoms with van der Waals surface area (Å²) in [6.07, 6.45) is 2.39. The Labute approximate surface area is 115 Å². The van der Waals surface area contributed by atoms with Gasteiger partial charge in [0, 0.05) is 25.7 Å². The third-order valence-electron chi connectivity index (χ3n) is 3.56. The van der Waals surface area contributed by atoms with Gasteiger partial charge in [-0.1, -0.05) is 30.3 Å². The summed E-state index contributed by atoms with van der Waals surface area (Å²) in [5.74, 6) is 0. The standard InChI is InChI=1S/C15H23N3O/c1-2-18(12-14-9-6-10-16-14)15(19)17-11-13-7-4-3-5-8-13/h3-5,7-8,14,16H,2,6,9-12H2,1H3,(H,17,19). The Bertz CT molecular complexity index is 388. The maximum Gasteiger partial charge on any atom is 0.317 e.